The van der Waals surface area contributed by atoms with Crippen LogP contribution in [0.5, 0.6) is 5.88 Å². The Morgan fingerprint density at radius 3 is 2.06 bits per heavy atom. The summed E-state index contributed by atoms with van der Waals surface area (Å²) in [5.74, 6) is -13.5. The van der Waals surface area contributed by atoms with E-state index < -0.39 is 75.7 Å². The smallest absolute Gasteiger partial charge is 0.393 e. The van der Waals surface area contributed by atoms with Crippen LogP contribution in [0.15, 0.2) is 71.8 Å². The fraction of sp³-hybridized carbons (Fsp3) is 0.133. The number of sulfonamides is 1. The summed E-state index contributed by atoms with van der Waals surface area (Å²) in [6.07, 6.45) is -4.85. The Balaban J connectivity index is 1.43. The normalized spacial score (nSPS) is 12.8. The number of allylic oxidation sites excluding steroid dienone is 1. The predicted octanol–water partition coefficient (Wildman–Crippen LogP) is 7.06. The van der Waals surface area contributed by atoms with Crippen LogP contribution in [-0.2, 0) is 10.0 Å². The Bertz CT molecular complexity index is 2060. The molecule has 7 nitrogen and oxygen atoms in total. The summed E-state index contributed by atoms with van der Waals surface area (Å²) in [5, 5.41) is 6.00. The number of nitrogens with one attached hydrogen (secondary N) is 2. The van der Waals surface area contributed by atoms with Crippen molar-refractivity contribution >= 4 is 32.1 Å². The summed E-state index contributed by atoms with van der Waals surface area (Å²) in [4.78, 5) is 1.98. The molecule has 246 valence electrons. The molecule has 0 aliphatic heterocycles. The third-order valence-electron chi connectivity index (χ3n) is 6.70. The fourth-order valence-electron chi connectivity index (χ4n) is 4.66. The van der Waals surface area contributed by atoms with Crippen molar-refractivity contribution in [3.63, 3.8) is 0 Å². The molecule has 0 saturated heterocycles. The molecule has 0 aliphatic rings. The first-order chi connectivity index (χ1) is 22.2. The number of halogens is 9. The second kappa shape index (κ2) is 13.1. The van der Waals surface area contributed by atoms with Crippen LogP contribution in [-0.4, -0.2) is 42.9 Å². The maximum absolute atomic E-state index is 14.4. The Morgan fingerprint density at radius 1 is 0.809 bits per heavy atom. The van der Waals surface area contributed by atoms with Gasteiger partial charge in [-0.25, -0.2) is 40.1 Å². The summed E-state index contributed by atoms with van der Waals surface area (Å²) in [5.41, 5.74) is 0.744. The molecule has 5 aromatic rings. The number of nitrogens with zero attached hydrogens (tertiary/aromatic N) is 2. The lowest BCUT2D eigenvalue weighted by Gasteiger charge is -2.19. The molecule has 0 radical (unpaired) electrons. The lowest BCUT2D eigenvalue weighted by Crippen LogP contribution is -2.30. The number of ether oxygens (including phenoxy) is 1. The van der Waals surface area contributed by atoms with Crippen molar-refractivity contribution in [1.82, 2.24) is 19.9 Å². The summed E-state index contributed by atoms with van der Waals surface area (Å²) in [6, 6.07) is 14.5. The number of alkyl halides is 3. The largest absolute Gasteiger partial charge is 0.476 e. The standard InChI is InChI=1S/C30H19F9N4O3S/c31-23-24(32)26(34)28(27(35)25(23)33)47(44,45)41-10-11-46-21-9-7-17(14-40-21)22(16-6-8-20-18(12-16)29(36)43-42-20)19(13-30(37,38)39)15-4-2-1-3-5-15/h1-9,12,14,41H,10-11,13H2,(H,42,43)/b22-19-. The zero-order valence-electron chi connectivity index (χ0n) is 23.4. The fourth-order valence-corrected chi connectivity index (χ4v) is 5.81. The van der Waals surface area contributed by atoms with Gasteiger partial charge in [0, 0.05) is 24.4 Å². The minimum absolute atomic E-state index is 0.0284. The van der Waals surface area contributed by atoms with Crippen molar-refractivity contribution in [2.45, 2.75) is 17.5 Å². The topological polar surface area (TPSA) is 97.0 Å². The van der Waals surface area contributed by atoms with Gasteiger partial charge in [0.1, 0.15) is 6.61 Å². The summed E-state index contributed by atoms with van der Waals surface area (Å²) in [7, 11) is -5.23. The maximum Gasteiger partial charge on any atom is 0.393 e. The van der Waals surface area contributed by atoms with Gasteiger partial charge in [0.2, 0.25) is 27.7 Å². The van der Waals surface area contributed by atoms with Gasteiger partial charge in [0.25, 0.3) is 0 Å². The molecule has 2 aromatic heterocycles. The molecule has 17 heteroatoms. The summed E-state index contributed by atoms with van der Waals surface area (Å²) < 4.78 is 156. The van der Waals surface area contributed by atoms with Crippen molar-refractivity contribution in [3.05, 3.63) is 119 Å². The number of aromatic amines is 1. The number of rotatable bonds is 10. The second-order valence-corrected chi connectivity index (χ2v) is 11.5. The van der Waals surface area contributed by atoms with E-state index in [0.29, 0.717) is 0 Å². The first-order valence-corrected chi connectivity index (χ1v) is 14.8. The van der Waals surface area contributed by atoms with Crippen molar-refractivity contribution in [3.8, 4) is 5.88 Å². The summed E-state index contributed by atoms with van der Waals surface area (Å²) in [6.45, 7) is -1.26. The SMILES string of the molecule is O=S(=O)(NCCOc1ccc(/C(=C(/CC(F)(F)F)c2ccccc2)c2ccc3n[nH]c(F)c3c2)cn1)c1c(F)c(F)c(F)c(F)c1F. The number of hydrogen-bond acceptors (Lipinski definition) is 5. The molecule has 0 amide bonds. The maximum atomic E-state index is 14.4. The molecule has 0 saturated carbocycles. The Labute approximate surface area is 259 Å². The number of hydrogen-bond donors (Lipinski definition) is 2. The Morgan fingerprint density at radius 2 is 1.45 bits per heavy atom. The van der Waals surface area contributed by atoms with E-state index in [2.05, 4.69) is 15.2 Å². The van der Waals surface area contributed by atoms with Gasteiger partial charge >= 0.3 is 6.18 Å². The van der Waals surface area contributed by atoms with Crippen LogP contribution in [0, 0.1) is 35.0 Å². The molecule has 0 atom stereocenters. The van der Waals surface area contributed by atoms with Crippen LogP contribution in [0.3, 0.4) is 0 Å². The van der Waals surface area contributed by atoms with Crippen LogP contribution in [0.1, 0.15) is 23.1 Å². The lowest BCUT2D eigenvalue weighted by atomic mass is 9.88. The number of aromatic nitrogens is 3. The van der Waals surface area contributed by atoms with Gasteiger partial charge < -0.3 is 4.74 Å². The van der Waals surface area contributed by atoms with E-state index >= 15 is 0 Å². The molecule has 0 spiro atoms. The highest BCUT2D eigenvalue weighted by Crippen LogP contribution is 2.40. The van der Waals surface area contributed by atoms with E-state index in [1.54, 1.807) is 22.9 Å². The average molecular weight is 687 g/mol. The lowest BCUT2D eigenvalue weighted by molar-refractivity contribution is -0.122. The molecule has 0 unspecified atom stereocenters. The van der Waals surface area contributed by atoms with Crippen LogP contribution in [0.4, 0.5) is 39.5 Å². The molecular formula is C30H19F9N4O3S. The number of H-pyrrole nitrogens is 1. The highest BCUT2D eigenvalue weighted by Gasteiger charge is 2.34. The van der Waals surface area contributed by atoms with Crippen LogP contribution >= 0.6 is 0 Å². The number of fused-ring (bicyclic) bond motifs is 1. The van der Waals surface area contributed by atoms with E-state index in [9.17, 15) is 47.9 Å². The molecule has 0 bridgehead atoms. The van der Waals surface area contributed by atoms with Crippen LogP contribution in [0.25, 0.3) is 22.0 Å². The molecule has 47 heavy (non-hydrogen) atoms. The van der Waals surface area contributed by atoms with Crippen molar-refractivity contribution < 1.29 is 52.7 Å². The Kier molecular flexibility index (Phi) is 9.31. The van der Waals surface area contributed by atoms with Gasteiger partial charge in [-0.3, -0.25) is 5.10 Å². The monoisotopic (exact) mass is 686 g/mol. The van der Waals surface area contributed by atoms with E-state index in [0.717, 1.165) is 0 Å². The zero-order valence-corrected chi connectivity index (χ0v) is 24.2. The third kappa shape index (κ3) is 7.10. The van der Waals surface area contributed by atoms with Crippen LogP contribution < -0.4 is 9.46 Å². The van der Waals surface area contributed by atoms with E-state index in [4.69, 9.17) is 4.74 Å². The average Bonchev–Trinajstić information content (AvgIpc) is 3.41. The quantitative estimate of drug-likeness (QED) is 0.0540. The first kappa shape index (κ1) is 33.5. The molecule has 3 aromatic carbocycles. The van der Waals surface area contributed by atoms with Crippen LogP contribution in [0.2, 0.25) is 0 Å². The van der Waals surface area contributed by atoms with Gasteiger partial charge in [-0.05, 0) is 40.5 Å². The molecule has 5 rings (SSSR count). The number of pyridine rings is 1. The molecule has 2 heterocycles. The summed E-state index contributed by atoms with van der Waals surface area (Å²) >= 11 is 0. The predicted molar refractivity (Wildman–Crippen MR) is 150 cm³/mol. The second-order valence-electron chi connectivity index (χ2n) is 9.81. The number of benzene rings is 3. The zero-order chi connectivity index (χ0) is 34.1. The van der Waals surface area contributed by atoms with Crippen molar-refractivity contribution in [2.75, 3.05) is 13.2 Å². The molecule has 0 aliphatic carbocycles. The highest BCUT2D eigenvalue weighted by molar-refractivity contribution is 7.89. The van der Waals surface area contributed by atoms with Gasteiger partial charge in [-0.15, -0.1) is 0 Å². The first-order valence-electron chi connectivity index (χ1n) is 13.3. The Hall–Kier alpha value is -4.90. The molecule has 0 fully saturated rings. The molecule has 2 N–H and O–H groups in total. The van der Waals surface area contributed by atoms with Gasteiger partial charge in [-0.2, -0.15) is 22.7 Å². The van der Waals surface area contributed by atoms with Crippen molar-refractivity contribution in [2.24, 2.45) is 0 Å². The van der Waals surface area contributed by atoms with Gasteiger partial charge in [0.05, 0.1) is 17.3 Å². The van der Waals surface area contributed by atoms with Gasteiger partial charge in [-0.1, -0.05) is 36.4 Å². The van der Waals surface area contributed by atoms with E-state index in [1.807, 2.05) is 0 Å². The minimum atomic E-state index is -5.23. The molecular weight excluding hydrogens is 667 g/mol. The van der Waals surface area contributed by atoms with Crippen molar-refractivity contribution in [1.29, 1.82) is 0 Å². The van der Waals surface area contributed by atoms with Gasteiger partial charge in [0.15, 0.2) is 28.2 Å². The van der Waals surface area contributed by atoms with E-state index in [-0.39, 0.29) is 44.6 Å². The minimum Gasteiger partial charge on any atom is -0.476 e. The highest BCUT2D eigenvalue weighted by atomic mass is 32.2. The van der Waals surface area contributed by atoms with E-state index in [1.165, 1.54) is 48.7 Å². The third-order valence-corrected chi connectivity index (χ3v) is 8.18.